The van der Waals surface area contributed by atoms with Crippen LogP contribution in [0.15, 0.2) is 18.2 Å². The van der Waals surface area contributed by atoms with E-state index in [1.54, 1.807) is 7.11 Å². The standard InChI is InChI=1S/C15H25ClN2OS/c1-12(11-20-4)18(2)15-7-5-6-14(16)13(15)10-17-8-9-19-3/h5-7,12,17H,8-11H2,1-4H3. The summed E-state index contributed by atoms with van der Waals surface area (Å²) >= 11 is 8.23. The van der Waals surface area contributed by atoms with Crippen molar-refractivity contribution in [2.45, 2.75) is 19.5 Å². The number of hydrogen-bond acceptors (Lipinski definition) is 4. The van der Waals surface area contributed by atoms with Crippen molar-refractivity contribution in [3.05, 3.63) is 28.8 Å². The Bertz CT molecular complexity index is 403. The molecule has 0 spiro atoms. The Kier molecular flexibility index (Phi) is 8.38. The van der Waals surface area contributed by atoms with Crippen molar-refractivity contribution in [3.63, 3.8) is 0 Å². The molecule has 1 N–H and O–H groups in total. The van der Waals surface area contributed by atoms with Crippen LogP contribution < -0.4 is 10.2 Å². The summed E-state index contributed by atoms with van der Waals surface area (Å²) in [7, 11) is 3.84. The molecule has 0 saturated carbocycles. The minimum Gasteiger partial charge on any atom is -0.383 e. The van der Waals surface area contributed by atoms with Crippen LogP contribution in [0.3, 0.4) is 0 Å². The summed E-state index contributed by atoms with van der Waals surface area (Å²) in [5.41, 5.74) is 2.35. The number of thioether (sulfide) groups is 1. The second kappa shape index (κ2) is 9.50. The molecule has 1 unspecified atom stereocenters. The summed E-state index contributed by atoms with van der Waals surface area (Å²) in [5, 5.41) is 4.18. The number of nitrogens with one attached hydrogen (secondary N) is 1. The second-order valence-corrected chi connectivity index (χ2v) is 6.14. The first kappa shape index (κ1) is 17.6. The summed E-state index contributed by atoms with van der Waals surface area (Å²) in [6.07, 6.45) is 2.13. The normalized spacial score (nSPS) is 12.4. The largest absolute Gasteiger partial charge is 0.383 e. The molecule has 0 radical (unpaired) electrons. The Morgan fingerprint density at radius 1 is 1.45 bits per heavy atom. The number of methoxy groups -OCH3 is 1. The van der Waals surface area contributed by atoms with Gasteiger partial charge in [-0.3, -0.25) is 0 Å². The quantitative estimate of drug-likeness (QED) is 0.707. The van der Waals surface area contributed by atoms with Crippen molar-refractivity contribution in [1.82, 2.24) is 5.32 Å². The minimum atomic E-state index is 0.473. The number of rotatable bonds is 9. The van der Waals surface area contributed by atoms with Crippen molar-refractivity contribution < 1.29 is 4.74 Å². The van der Waals surface area contributed by atoms with Gasteiger partial charge in [0.05, 0.1) is 6.61 Å². The molecule has 5 heteroatoms. The lowest BCUT2D eigenvalue weighted by Crippen LogP contribution is -2.32. The van der Waals surface area contributed by atoms with E-state index >= 15 is 0 Å². The van der Waals surface area contributed by atoms with Gasteiger partial charge in [-0.1, -0.05) is 17.7 Å². The molecule has 1 rings (SSSR count). The van der Waals surface area contributed by atoms with Gasteiger partial charge in [-0.25, -0.2) is 0 Å². The van der Waals surface area contributed by atoms with E-state index in [9.17, 15) is 0 Å². The predicted molar refractivity (Wildman–Crippen MR) is 91.3 cm³/mol. The van der Waals surface area contributed by atoms with Crippen molar-refractivity contribution in [3.8, 4) is 0 Å². The Hall–Kier alpha value is -0.420. The predicted octanol–water partition coefficient (Wildman–Crippen LogP) is 3.26. The van der Waals surface area contributed by atoms with Crippen molar-refractivity contribution in [2.75, 3.05) is 44.2 Å². The molecule has 0 amide bonds. The number of halogens is 1. The average molecular weight is 317 g/mol. The molecule has 0 aliphatic carbocycles. The van der Waals surface area contributed by atoms with E-state index in [1.807, 2.05) is 23.9 Å². The Morgan fingerprint density at radius 3 is 2.85 bits per heavy atom. The number of hydrogen-bond donors (Lipinski definition) is 1. The summed E-state index contributed by atoms with van der Waals surface area (Å²) in [6, 6.07) is 6.57. The molecule has 1 atom stereocenters. The smallest absolute Gasteiger partial charge is 0.0587 e. The molecule has 0 aromatic heterocycles. The third kappa shape index (κ3) is 5.17. The van der Waals surface area contributed by atoms with Gasteiger partial charge in [0.25, 0.3) is 0 Å². The van der Waals surface area contributed by atoms with Crippen LogP contribution in [0.5, 0.6) is 0 Å². The van der Waals surface area contributed by atoms with Gasteiger partial charge in [0, 0.05) is 55.3 Å². The van der Waals surface area contributed by atoms with Crippen molar-refractivity contribution >= 4 is 29.1 Å². The highest BCUT2D eigenvalue weighted by molar-refractivity contribution is 7.98. The fourth-order valence-electron chi connectivity index (χ4n) is 2.03. The summed E-state index contributed by atoms with van der Waals surface area (Å²) in [4.78, 5) is 2.30. The molecule has 1 aromatic carbocycles. The Labute approximate surface area is 132 Å². The topological polar surface area (TPSA) is 24.5 Å². The molecular weight excluding hydrogens is 292 g/mol. The van der Waals surface area contributed by atoms with Crippen LogP contribution in [-0.4, -0.2) is 45.4 Å². The van der Waals surface area contributed by atoms with Gasteiger partial charge >= 0.3 is 0 Å². The first-order valence-electron chi connectivity index (χ1n) is 6.80. The van der Waals surface area contributed by atoms with Gasteiger partial charge in [-0.2, -0.15) is 11.8 Å². The van der Waals surface area contributed by atoms with Crippen LogP contribution in [0.4, 0.5) is 5.69 Å². The Morgan fingerprint density at radius 2 is 2.20 bits per heavy atom. The molecule has 20 heavy (non-hydrogen) atoms. The van der Waals surface area contributed by atoms with Gasteiger partial charge < -0.3 is 15.0 Å². The lowest BCUT2D eigenvalue weighted by atomic mass is 10.1. The average Bonchev–Trinajstić information content (AvgIpc) is 2.44. The molecule has 3 nitrogen and oxygen atoms in total. The van der Waals surface area contributed by atoms with Gasteiger partial charge in [0.2, 0.25) is 0 Å². The maximum Gasteiger partial charge on any atom is 0.0587 e. The molecular formula is C15H25ClN2OS. The van der Waals surface area contributed by atoms with E-state index in [1.165, 1.54) is 5.69 Å². The monoisotopic (exact) mass is 316 g/mol. The van der Waals surface area contributed by atoms with Crippen molar-refractivity contribution in [1.29, 1.82) is 0 Å². The van der Waals surface area contributed by atoms with Gasteiger partial charge in [0.1, 0.15) is 0 Å². The van der Waals surface area contributed by atoms with Crippen LogP contribution in [0.1, 0.15) is 12.5 Å². The fraction of sp³-hybridized carbons (Fsp3) is 0.600. The molecule has 0 aliphatic heterocycles. The third-order valence-corrected chi connectivity index (χ3v) is 4.50. The maximum absolute atomic E-state index is 6.36. The van der Waals surface area contributed by atoms with Crippen LogP contribution in [-0.2, 0) is 11.3 Å². The molecule has 0 heterocycles. The van der Waals surface area contributed by atoms with E-state index < -0.39 is 0 Å². The Balaban J connectivity index is 2.81. The number of ether oxygens (including phenoxy) is 1. The zero-order chi connectivity index (χ0) is 15.0. The molecule has 1 aromatic rings. The molecule has 0 saturated heterocycles. The first-order chi connectivity index (χ1) is 9.61. The number of nitrogens with zero attached hydrogens (tertiary/aromatic N) is 1. The highest BCUT2D eigenvalue weighted by Gasteiger charge is 2.15. The molecule has 0 fully saturated rings. The molecule has 0 bridgehead atoms. The zero-order valence-corrected chi connectivity index (χ0v) is 14.4. The maximum atomic E-state index is 6.36. The zero-order valence-electron chi connectivity index (χ0n) is 12.8. The van der Waals surface area contributed by atoms with E-state index in [4.69, 9.17) is 16.3 Å². The van der Waals surface area contributed by atoms with Crippen molar-refractivity contribution in [2.24, 2.45) is 0 Å². The summed E-state index contributed by atoms with van der Waals surface area (Å²) in [5.74, 6) is 1.10. The summed E-state index contributed by atoms with van der Waals surface area (Å²) < 4.78 is 5.05. The lowest BCUT2D eigenvalue weighted by molar-refractivity contribution is 0.199. The SMILES string of the molecule is COCCNCc1c(Cl)cccc1N(C)C(C)CSC. The van der Waals surface area contributed by atoms with Gasteiger partial charge in [-0.15, -0.1) is 0 Å². The number of benzene rings is 1. The van der Waals surface area contributed by atoms with E-state index in [0.29, 0.717) is 12.6 Å². The molecule has 0 aliphatic rings. The lowest BCUT2D eigenvalue weighted by Gasteiger charge is -2.29. The van der Waals surface area contributed by atoms with Gasteiger partial charge in [-0.05, 0) is 25.3 Å². The number of anilines is 1. The highest BCUT2D eigenvalue weighted by atomic mass is 35.5. The van der Waals surface area contributed by atoms with Crippen LogP contribution >= 0.6 is 23.4 Å². The summed E-state index contributed by atoms with van der Waals surface area (Å²) in [6.45, 7) is 4.53. The van der Waals surface area contributed by atoms with Gasteiger partial charge in [0.15, 0.2) is 0 Å². The fourth-order valence-corrected chi connectivity index (χ4v) is 2.97. The van der Waals surface area contributed by atoms with E-state index in [0.717, 1.165) is 29.4 Å². The van der Waals surface area contributed by atoms with E-state index in [-0.39, 0.29) is 0 Å². The van der Waals surface area contributed by atoms with Crippen LogP contribution in [0, 0.1) is 0 Å². The molecule has 114 valence electrons. The first-order valence-corrected chi connectivity index (χ1v) is 8.57. The highest BCUT2D eigenvalue weighted by Crippen LogP contribution is 2.28. The second-order valence-electron chi connectivity index (χ2n) is 4.82. The van der Waals surface area contributed by atoms with Crippen LogP contribution in [0.25, 0.3) is 0 Å². The third-order valence-electron chi connectivity index (χ3n) is 3.33. The van der Waals surface area contributed by atoms with E-state index in [2.05, 4.69) is 36.5 Å². The van der Waals surface area contributed by atoms with Crippen LogP contribution in [0.2, 0.25) is 5.02 Å². The minimum absolute atomic E-state index is 0.473.